The maximum absolute atomic E-state index is 12.6. The number of methoxy groups -OCH3 is 1. The first-order chi connectivity index (χ1) is 12.8. The van der Waals surface area contributed by atoms with Crippen molar-refractivity contribution in [2.45, 2.75) is 6.18 Å². The zero-order chi connectivity index (χ0) is 19.6. The largest absolute Gasteiger partial charge is 0.465 e. The number of thiophene rings is 1. The van der Waals surface area contributed by atoms with Crippen LogP contribution >= 0.6 is 11.3 Å². The van der Waals surface area contributed by atoms with Crippen molar-refractivity contribution in [2.75, 3.05) is 38.2 Å². The van der Waals surface area contributed by atoms with Crippen LogP contribution in [0.4, 0.5) is 19.0 Å². The van der Waals surface area contributed by atoms with Gasteiger partial charge in [-0.2, -0.15) is 13.2 Å². The van der Waals surface area contributed by atoms with E-state index in [1.54, 1.807) is 17.0 Å². The van der Waals surface area contributed by atoms with E-state index in [2.05, 4.69) is 9.72 Å². The molecular formula is C17H16F3N3O3S. The van der Waals surface area contributed by atoms with Crippen molar-refractivity contribution >= 4 is 29.0 Å². The molecule has 10 heteroatoms. The van der Waals surface area contributed by atoms with Crippen molar-refractivity contribution in [3.8, 4) is 0 Å². The molecule has 1 aliphatic rings. The Hall–Kier alpha value is -2.62. The number of anilines is 1. The van der Waals surface area contributed by atoms with Crippen LogP contribution in [-0.4, -0.2) is 55.0 Å². The van der Waals surface area contributed by atoms with Gasteiger partial charge in [0, 0.05) is 32.4 Å². The minimum absolute atomic E-state index is 0.185. The Morgan fingerprint density at radius 1 is 1.07 bits per heavy atom. The first kappa shape index (κ1) is 19.2. The van der Waals surface area contributed by atoms with Gasteiger partial charge in [0.05, 0.1) is 17.6 Å². The third-order valence-corrected chi connectivity index (χ3v) is 5.22. The van der Waals surface area contributed by atoms with Crippen LogP contribution in [0.5, 0.6) is 0 Å². The number of carbonyl (C=O) groups excluding carboxylic acids is 2. The number of hydrogen-bond donors (Lipinski definition) is 0. The quantitative estimate of drug-likeness (QED) is 0.743. The van der Waals surface area contributed by atoms with Crippen LogP contribution in [-0.2, 0) is 10.9 Å². The van der Waals surface area contributed by atoms with Gasteiger partial charge in [-0.1, -0.05) is 0 Å². The van der Waals surface area contributed by atoms with E-state index >= 15 is 0 Å². The highest BCUT2D eigenvalue weighted by Gasteiger charge is 2.31. The van der Waals surface area contributed by atoms with E-state index < -0.39 is 17.7 Å². The average molecular weight is 399 g/mol. The van der Waals surface area contributed by atoms with Crippen LogP contribution in [0.2, 0.25) is 0 Å². The molecule has 1 amide bonds. The molecule has 3 heterocycles. The minimum atomic E-state index is -4.42. The Morgan fingerprint density at radius 2 is 1.74 bits per heavy atom. The Bertz CT molecular complexity index is 828. The molecule has 0 aliphatic carbocycles. The van der Waals surface area contributed by atoms with Crippen molar-refractivity contribution in [1.82, 2.24) is 9.88 Å². The summed E-state index contributed by atoms with van der Waals surface area (Å²) in [6.07, 6.45) is -3.60. The van der Waals surface area contributed by atoms with Crippen LogP contribution < -0.4 is 4.90 Å². The summed E-state index contributed by atoms with van der Waals surface area (Å²) in [5.74, 6) is -0.230. The third kappa shape index (κ3) is 4.21. The second kappa shape index (κ2) is 7.55. The summed E-state index contributed by atoms with van der Waals surface area (Å²) in [7, 11) is 1.28. The molecule has 0 atom stereocenters. The molecule has 0 aromatic carbocycles. The van der Waals surface area contributed by atoms with E-state index in [9.17, 15) is 22.8 Å². The van der Waals surface area contributed by atoms with Crippen LogP contribution in [0.1, 0.15) is 24.9 Å². The fraction of sp³-hybridized carbons (Fsp3) is 0.353. The van der Waals surface area contributed by atoms with E-state index in [-0.39, 0.29) is 5.91 Å². The van der Waals surface area contributed by atoms with Crippen molar-refractivity contribution in [2.24, 2.45) is 0 Å². The fourth-order valence-corrected chi connectivity index (χ4v) is 3.59. The topological polar surface area (TPSA) is 62.7 Å². The summed E-state index contributed by atoms with van der Waals surface area (Å²) >= 11 is 1.07. The van der Waals surface area contributed by atoms with Gasteiger partial charge in [0.25, 0.3) is 5.91 Å². The minimum Gasteiger partial charge on any atom is -0.465 e. The summed E-state index contributed by atoms with van der Waals surface area (Å²) in [6, 6.07) is 5.47. The molecule has 1 aliphatic heterocycles. The summed E-state index contributed by atoms with van der Waals surface area (Å²) < 4.78 is 42.5. The Labute approximate surface area is 157 Å². The lowest BCUT2D eigenvalue weighted by Crippen LogP contribution is -2.48. The molecule has 0 bridgehead atoms. The molecule has 144 valence electrons. The summed E-state index contributed by atoms with van der Waals surface area (Å²) in [5, 5.41) is 0. The normalized spacial score (nSPS) is 15.0. The molecule has 2 aromatic rings. The van der Waals surface area contributed by atoms with Crippen molar-refractivity contribution < 1.29 is 27.5 Å². The summed E-state index contributed by atoms with van der Waals surface area (Å²) in [4.78, 5) is 32.2. The van der Waals surface area contributed by atoms with Crippen molar-refractivity contribution in [3.05, 3.63) is 45.8 Å². The van der Waals surface area contributed by atoms with E-state index in [1.165, 1.54) is 13.2 Å². The lowest BCUT2D eigenvalue weighted by molar-refractivity contribution is -0.137. The molecule has 3 rings (SSSR count). The van der Waals surface area contributed by atoms with Gasteiger partial charge >= 0.3 is 12.1 Å². The van der Waals surface area contributed by atoms with E-state index in [0.29, 0.717) is 41.8 Å². The van der Waals surface area contributed by atoms with Gasteiger partial charge in [-0.3, -0.25) is 4.79 Å². The molecule has 0 spiro atoms. The van der Waals surface area contributed by atoms with E-state index in [1.807, 2.05) is 4.90 Å². The SMILES string of the molecule is COC(=O)c1ccc(C(=O)N2CCN(c3ccc(C(F)(F)F)cn3)CC2)s1. The number of amides is 1. The highest BCUT2D eigenvalue weighted by Crippen LogP contribution is 2.29. The van der Waals surface area contributed by atoms with E-state index in [0.717, 1.165) is 23.6 Å². The van der Waals surface area contributed by atoms with Crippen molar-refractivity contribution in [1.29, 1.82) is 0 Å². The Kier molecular flexibility index (Phi) is 5.36. The maximum Gasteiger partial charge on any atom is 0.417 e. The number of pyridine rings is 1. The van der Waals surface area contributed by atoms with Crippen LogP contribution in [0.15, 0.2) is 30.5 Å². The Morgan fingerprint density at radius 3 is 2.30 bits per heavy atom. The number of piperazine rings is 1. The van der Waals surface area contributed by atoms with Crippen LogP contribution in [0.25, 0.3) is 0 Å². The van der Waals surface area contributed by atoms with Crippen LogP contribution in [0.3, 0.4) is 0 Å². The summed E-state index contributed by atoms with van der Waals surface area (Å²) in [5.41, 5.74) is -0.792. The summed E-state index contributed by atoms with van der Waals surface area (Å²) in [6.45, 7) is 1.73. The average Bonchev–Trinajstić information content (AvgIpc) is 3.16. The number of ether oxygens (including phenoxy) is 1. The predicted octanol–water partition coefficient (Wildman–Crippen LogP) is 2.91. The number of halogens is 3. The number of hydrogen-bond acceptors (Lipinski definition) is 6. The third-order valence-electron chi connectivity index (χ3n) is 4.17. The maximum atomic E-state index is 12.6. The second-order valence-electron chi connectivity index (χ2n) is 5.84. The number of carbonyl (C=O) groups is 2. The molecular weight excluding hydrogens is 383 g/mol. The van der Waals surface area contributed by atoms with Crippen LogP contribution in [0, 0.1) is 0 Å². The molecule has 2 aromatic heterocycles. The van der Waals surface area contributed by atoms with Crippen molar-refractivity contribution in [3.63, 3.8) is 0 Å². The standard InChI is InChI=1S/C17H16F3N3O3S/c1-26-16(25)13-4-3-12(27-13)15(24)23-8-6-22(7-9-23)14-5-2-11(10-21-14)17(18,19)20/h2-5,10H,6-9H2,1H3. The Balaban J connectivity index is 1.60. The van der Waals surface area contributed by atoms with E-state index in [4.69, 9.17) is 0 Å². The zero-order valence-electron chi connectivity index (χ0n) is 14.3. The molecule has 1 saturated heterocycles. The molecule has 0 saturated carbocycles. The van der Waals surface area contributed by atoms with Gasteiger partial charge < -0.3 is 14.5 Å². The molecule has 0 radical (unpaired) electrons. The van der Waals surface area contributed by atoms with Gasteiger partial charge in [0.2, 0.25) is 0 Å². The molecule has 6 nitrogen and oxygen atoms in total. The fourth-order valence-electron chi connectivity index (χ4n) is 2.70. The first-order valence-corrected chi connectivity index (χ1v) is 8.87. The zero-order valence-corrected chi connectivity index (χ0v) is 15.1. The van der Waals surface area contributed by atoms with Gasteiger partial charge in [-0.15, -0.1) is 11.3 Å². The number of esters is 1. The molecule has 1 fully saturated rings. The first-order valence-electron chi connectivity index (χ1n) is 8.05. The lowest BCUT2D eigenvalue weighted by atomic mass is 10.2. The smallest absolute Gasteiger partial charge is 0.417 e. The van der Waals surface area contributed by atoms with Gasteiger partial charge in [-0.05, 0) is 24.3 Å². The second-order valence-corrected chi connectivity index (χ2v) is 6.92. The highest BCUT2D eigenvalue weighted by atomic mass is 32.1. The molecule has 0 unspecified atom stereocenters. The molecule has 0 N–H and O–H groups in total. The monoisotopic (exact) mass is 399 g/mol. The number of rotatable bonds is 3. The number of aromatic nitrogens is 1. The lowest BCUT2D eigenvalue weighted by Gasteiger charge is -2.35. The molecule has 27 heavy (non-hydrogen) atoms. The van der Waals surface area contributed by atoms with Gasteiger partial charge in [-0.25, -0.2) is 9.78 Å². The van der Waals surface area contributed by atoms with Gasteiger partial charge in [0.15, 0.2) is 0 Å². The number of alkyl halides is 3. The highest BCUT2D eigenvalue weighted by molar-refractivity contribution is 7.15. The predicted molar refractivity (Wildman–Crippen MR) is 93.0 cm³/mol. The number of nitrogens with zero attached hydrogens (tertiary/aromatic N) is 3. The van der Waals surface area contributed by atoms with Gasteiger partial charge in [0.1, 0.15) is 10.7 Å².